The molecule has 1 aromatic carbocycles. The van der Waals surface area contributed by atoms with Crippen LogP contribution in [0.15, 0.2) is 35.2 Å². The van der Waals surface area contributed by atoms with Crippen LogP contribution in [0.4, 0.5) is 0 Å². The molecule has 23 heavy (non-hydrogen) atoms. The molecule has 2 aromatic rings. The number of hydrogen-bond acceptors (Lipinski definition) is 3. The topological polar surface area (TPSA) is 58.4 Å². The fourth-order valence-corrected chi connectivity index (χ4v) is 3.48. The number of carbonyl (C=O) groups is 1. The summed E-state index contributed by atoms with van der Waals surface area (Å²) in [7, 11) is 0. The van der Waals surface area contributed by atoms with Gasteiger partial charge < -0.3 is 14.6 Å². The minimum absolute atomic E-state index is 0.00607. The third-order valence-electron chi connectivity index (χ3n) is 4.42. The van der Waals surface area contributed by atoms with Crippen LogP contribution in [0, 0.1) is 5.92 Å². The Kier molecular flexibility index (Phi) is 4.71. The summed E-state index contributed by atoms with van der Waals surface area (Å²) in [6.07, 6.45) is 5.24. The third-order valence-corrected chi connectivity index (χ3v) is 4.91. The van der Waals surface area contributed by atoms with Gasteiger partial charge in [0.25, 0.3) is 0 Å². The van der Waals surface area contributed by atoms with Crippen molar-refractivity contribution in [3.05, 3.63) is 46.5 Å². The number of aromatic hydroxyl groups is 1. The maximum absolute atomic E-state index is 12.9. The summed E-state index contributed by atoms with van der Waals surface area (Å²) < 4.78 is 3.01. The van der Waals surface area contributed by atoms with E-state index in [0.717, 1.165) is 35.1 Å². The third kappa shape index (κ3) is 3.42. The van der Waals surface area contributed by atoms with Gasteiger partial charge in [-0.15, -0.1) is 0 Å². The smallest absolute Gasteiger partial charge is 0.226 e. The highest BCUT2D eigenvalue weighted by Gasteiger charge is 2.28. The number of nitrogens with zero attached hydrogens (tertiary/aromatic N) is 3. The molecule has 1 aliphatic rings. The van der Waals surface area contributed by atoms with Crippen molar-refractivity contribution in [2.45, 2.75) is 32.9 Å². The SMILES string of the molecule is CCN(Cc1cc(Br)ccc1O)C(=O)[C@H]1CCn2cncc2C1. The van der Waals surface area contributed by atoms with E-state index in [-0.39, 0.29) is 17.6 Å². The number of phenols is 1. The van der Waals surface area contributed by atoms with Gasteiger partial charge in [-0.2, -0.15) is 0 Å². The number of aryl methyl sites for hydroxylation is 1. The van der Waals surface area contributed by atoms with E-state index in [4.69, 9.17) is 0 Å². The van der Waals surface area contributed by atoms with E-state index >= 15 is 0 Å². The standard InChI is InChI=1S/C17H20BrN3O2/c1-2-20(10-13-7-14(18)3-4-16(13)22)17(23)12-5-6-21-11-19-9-15(21)8-12/h3-4,7,9,11-12,22H,2,5-6,8,10H2,1H3/t12-/m0/s1. The molecule has 6 heteroatoms. The lowest BCUT2D eigenvalue weighted by molar-refractivity contribution is -0.136. The number of imidazole rings is 1. The highest BCUT2D eigenvalue weighted by atomic mass is 79.9. The fraction of sp³-hybridized carbons (Fsp3) is 0.412. The quantitative estimate of drug-likeness (QED) is 0.890. The molecule has 1 atom stereocenters. The van der Waals surface area contributed by atoms with Gasteiger partial charge >= 0.3 is 0 Å². The molecule has 0 fully saturated rings. The summed E-state index contributed by atoms with van der Waals surface area (Å²) in [5, 5.41) is 10.0. The first-order valence-electron chi connectivity index (χ1n) is 7.83. The summed E-state index contributed by atoms with van der Waals surface area (Å²) >= 11 is 3.41. The van der Waals surface area contributed by atoms with Crippen LogP contribution >= 0.6 is 15.9 Å². The first-order valence-corrected chi connectivity index (χ1v) is 8.63. The summed E-state index contributed by atoms with van der Waals surface area (Å²) in [6, 6.07) is 5.30. The Labute approximate surface area is 144 Å². The van der Waals surface area contributed by atoms with Crippen molar-refractivity contribution < 1.29 is 9.90 Å². The lowest BCUT2D eigenvalue weighted by Crippen LogP contribution is -2.38. The van der Waals surface area contributed by atoms with Crippen molar-refractivity contribution in [3.63, 3.8) is 0 Å². The number of aromatic nitrogens is 2. The van der Waals surface area contributed by atoms with E-state index in [2.05, 4.69) is 25.5 Å². The highest BCUT2D eigenvalue weighted by molar-refractivity contribution is 9.10. The lowest BCUT2D eigenvalue weighted by Gasteiger charge is -2.29. The van der Waals surface area contributed by atoms with Crippen LogP contribution in [-0.4, -0.2) is 32.0 Å². The van der Waals surface area contributed by atoms with Crippen LogP contribution in [-0.2, 0) is 24.3 Å². The van der Waals surface area contributed by atoms with Crippen LogP contribution in [0.25, 0.3) is 0 Å². The minimum atomic E-state index is -0.00607. The van der Waals surface area contributed by atoms with Crippen molar-refractivity contribution in [3.8, 4) is 5.75 Å². The predicted octanol–water partition coefficient (Wildman–Crippen LogP) is 2.96. The Morgan fingerprint density at radius 2 is 2.35 bits per heavy atom. The van der Waals surface area contributed by atoms with Crippen LogP contribution in [0.3, 0.4) is 0 Å². The number of fused-ring (bicyclic) bond motifs is 1. The molecule has 0 unspecified atom stereocenters. The normalized spacial score (nSPS) is 16.9. The zero-order chi connectivity index (χ0) is 16.4. The zero-order valence-corrected chi connectivity index (χ0v) is 14.7. The van der Waals surface area contributed by atoms with Gasteiger partial charge in [0, 0.05) is 53.9 Å². The lowest BCUT2D eigenvalue weighted by atomic mass is 9.94. The molecule has 0 saturated carbocycles. The molecule has 1 aromatic heterocycles. The molecule has 1 aliphatic heterocycles. The van der Waals surface area contributed by atoms with Crippen molar-refractivity contribution in [2.75, 3.05) is 6.54 Å². The largest absolute Gasteiger partial charge is 0.508 e. The number of phenolic OH excluding ortho intramolecular Hbond substituents is 1. The Bertz CT molecular complexity index is 714. The molecule has 1 N–H and O–H groups in total. The van der Waals surface area contributed by atoms with Crippen molar-refractivity contribution in [2.24, 2.45) is 5.92 Å². The van der Waals surface area contributed by atoms with Gasteiger partial charge in [-0.3, -0.25) is 4.79 Å². The van der Waals surface area contributed by atoms with Crippen LogP contribution in [0.2, 0.25) is 0 Å². The Hall–Kier alpha value is -1.82. The van der Waals surface area contributed by atoms with Gasteiger partial charge in [-0.1, -0.05) is 15.9 Å². The molecular weight excluding hydrogens is 358 g/mol. The number of benzene rings is 1. The molecule has 5 nitrogen and oxygen atoms in total. The van der Waals surface area contributed by atoms with Gasteiger partial charge in [-0.25, -0.2) is 4.98 Å². The second-order valence-electron chi connectivity index (χ2n) is 5.89. The van der Waals surface area contributed by atoms with Gasteiger partial charge in [0.1, 0.15) is 5.75 Å². The average Bonchev–Trinajstić information content (AvgIpc) is 3.02. The molecule has 0 radical (unpaired) electrons. The van der Waals surface area contributed by atoms with Gasteiger partial charge in [0.2, 0.25) is 5.91 Å². The molecule has 0 bridgehead atoms. The predicted molar refractivity (Wildman–Crippen MR) is 90.9 cm³/mol. The van der Waals surface area contributed by atoms with E-state index in [1.165, 1.54) is 0 Å². The second-order valence-corrected chi connectivity index (χ2v) is 6.81. The first kappa shape index (κ1) is 16.1. The van der Waals surface area contributed by atoms with E-state index < -0.39 is 0 Å². The Balaban J connectivity index is 1.73. The molecule has 0 aliphatic carbocycles. The van der Waals surface area contributed by atoms with E-state index in [9.17, 15) is 9.90 Å². The molecular formula is C17H20BrN3O2. The van der Waals surface area contributed by atoms with Gasteiger partial charge in [0.15, 0.2) is 0 Å². The monoisotopic (exact) mass is 377 g/mol. The number of halogens is 1. The molecule has 122 valence electrons. The van der Waals surface area contributed by atoms with Gasteiger partial charge in [0.05, 0.1) is 6.33 Å². The molecule has 3 rings (SSSR count). The number of rotatable bonds is 4. The number of amides is 1. The average molecular weight is 378 g/mol. The summed E-state index contributed by atoms with van der Waals surface area (Å²) in [5.74, 6) is 0.369. The fourth-order valence-electron chi connectivity index (χ4n) is 3.07. The molecule has 2 heterocycles. The molecule has 1 amide bonds. The van der Waals surface area contributed by atoms with E-state index in [1.54, 1.807) is 12.1 Å². The summed E-state index contributed by atoms with van der Waals surface area (Å²) in [4.78, 5) is 18.8. The Morgan fingerprint density at radius 1 is 1.52 bits per heavy atom. The zero-order valence-electron chi connectivity index (χ0n) is 13.1. The van der Waals surface area contributed by atoms with Crippen LogP contribution in [0.5, 0.6) is 5.75 Å². The van der Waals surface area contributed by atoms with E-state index in [0.29, 0.717) is 13.1 Å². The molecule has 0 spiro atoms. The summed E-state index contributed by atoms with van der Waals surface area (Å²) in [5.41, 5.74) is 1.88. The minimum Gasteiger partial charge on any atom is -0.508 e. The highest BCUT2D eigenvalue weighted by Crippen LogP contribution is 2.26. The van der Waals surface area contributed by atoms with Crippen molar-refractivity contribution in [1.29, 1.82) is 0 Å². The summed E-state index contributed by atoms with van der Waals surface area (Å²) in [6.45, 7) is 3.86. The van der Waals surface area contributed by atoms with Crippen molar-refractivity contribution >= 4 is 21.8 Å². The van der Waals surface area contributed by atoms with Crippen LogP contribution in [0.1, 0.15) is 24.6 Å². The second kappa shape index (κ2) is 6.74. The number of carbonyl (C=O) groups excluding carboxylic acids is 1. The van der Waals surface area contributed by atoms with Crippen molar-refractivity contribution in [1.82, 2.24) is 14.5 Å². The maximum atomic E-state index is 12.9. The Morgan fingerprint density at radius 3 is 3.13 bits per heavy atom. The van der Waals surface area contributed by atoms with Gasteiger partial charge in [-0.05, 0) is 31.5 Å². The molecule has 0 saturated heterocycles. The number of hydrogen-bond donors (Lipinski definition) is 1. The van der Waals surface area contributed by atoms with Crippen LogP contribution < -0.4 is 0 Å². The maximum Gasteiger partial charge on any atom is 0.226 e. The van der Waals surface area contributed by atoms with E-state index in [1.807, 2.05) is 30.4 Å². The first-order chi connectivity index (χ1) is 11.1.